The van der Waals surface area contributed by atoms with Gasteiger partial charge in [0, 0.05) is 26.3 Å². The lowest BCUT2D eigenvalue weighted by atomic mass is 9.97. The monoisotopic (exact) mass is 264 g/mol. The highest BCUT2D eigenvalue weighted by Gasteiger charge is 2.45. The van der Waals surface area contributed by atoms with Gasteiger partial charge in [0.25, 0.3) is 0 Å². The van der Waals surface area contributed by atoms with E-state index in [1.54, 1.807) is 36.4 Å². The van der Waals surface area contributed by atoms with Gasteiger partial charge in [-0.25, -0.2) is 0 Å². The van der Waals surface area contributed by atoms with Crippen molar-refractivity contribution < 1.29 is 19.4 Å². The van der Waals surface area contributed by atoms with Crippen LogP contribution < -0.4 is 0 Å². The fraction of sp³-hybridized carbons (Fsp3) is 0.462. The zero-order valence-electron chi connectivity index (χ0n) is 10.7. The molecule has 0 saturated carbocycles. The molecule has 2 rings (SSSR count). The standard InChI is InChI=1S/C13H16N2O4/c1-19-7-6-15-11(16)8-9(13(17)18)12(15)10-4-2-3-5-14-10/h2-5,9,12H,6-8H2,1H3,(H,17,18). The average molecular weight is 264 g/mol. The molecular weight excluding hydrogens is 248 g/mol. The number of methoxy groups -OCH3 is 1. The molecule has 6 heteroatoms. The van der Waals surface area contributed by atoms with Crippen LogP contribution in [0, 0.1) is 5.92 Å². The number of aliphatic carboxylic acids is 1. The van der Waals surface area contributed by atoms with Crippen LogP contribution in [0.1, 0.15) is 18.2 Å². The smallest absolute Gasteiger partial charge is 0.309 e. The summed E-state index contributed by atoms with van der Waals surface area (Å²) in [5.41, 5.74) is 0.608. The summed E-state index contributed by atoms with van der Waals surface area (Å²) < 4.78 is 4.97. The summed E-state index contributed by atoms with van der Waals surface area (Å²) in [7, 11) is 1.55. The second-order valence-electron chi connectivity index (χ2n) is 4.43. The maximum absolute atomic E-state index is 12.0. The molecule has 0 radical (unpaired) electrons. The van der Waals surface area contributed by atoms with Gasteiger partial charge < -0.3 is 14.7 Å². The fourth-order valence-corrected chi connectivity index (χ4v) is 2.38. The molecule has 1 aromatic heterocycles. The maximum atomic E-state index is 12.0. The lowest BCUT2D eigenvalue weighted by Crippen LogP contribution is -2.33. The molecule has 0 aromatic carbocycles. The van der Waals surface area contributed by atoms with Crippen molar-refractivity contribution in [2.45, 2.75) is 12.5 Å². The minimum atomic E-state index is -0.969. The minimum absolute atomic E-state index is 0.0142. The molecule has 0 aliphatic carbocycles. The Morgan fingerprint density at radius 1 is 1.58 bits per heavy atom. The van der Waals surface area contributed by atoms with Crippen molar-refractivity contribution in [2.24, 2.45) is 5.92 Å². The second-order valence-corrected chi connectivity index (χ2v) is 4.43. The van der Waals surface area contributed by atoms with E-state index in [0.717, 1.165) is 0 Å². The number of amides is 1. The highest BCUT2D eigenvalue weighted by Crippen LogP contribution is 2.37. The van der Waals surface area contributed by atoms with Crippen LogP contribution in [-0.4, -0.2) is 47.1 Å². The van der Waals surface area contributed by atoms with Gasteiger partial charge in [0.05, 0.1) is 24.3 Å². The van der Waals surface area contributed by atoms with Crippen LogP contribution in [0.3, 0.4) is 0 Å². The van der Waals surface area contributed by atoms with E-state index in [-0.39, 0.29) is 12.3 Å². The Balaban J connectivity index is 2.30. The summed E-state index contributed by atoms with van der Waals surface area (Å²) in [4.78, 5) is 29.0. The summed E-state index contributed by atoms with van der Waals surface area (Å²) in [5.74, 6) is -1.89. The van der Waals surface area contributed by atoms with E-state index in [9.17, 15) is 14.7 Å². The largest absolute Gasteiger partial charge is 0.481 e. The highest BCUT2D eigenvalue weighted by atomic mass is 16.5. The van der Waals surface area contributed by atoms with Gasteiger partial charge in [0.1, 0.15) is 0 Å². The van der Waals surface area contributed by atoms with Crippen LogP contribution in [0.5, 0.6) is 0 Å². The molecule has 102 valence electrons. The molecule has 6 nitrogen and oxygen atoms in total. The van der Waals surface area contributed by atoms with Gasteiger partial charge >= 0.3 is 5.97 Å². The molecule has 2 heterocycles. The van der Waals surface area contributed by atoms with Gasteiger partial charge in [-0.15, -0.1) is 0 Å². The number of likely N-dealkylation sites (tertiary alicyclic amines) is 1. The molecule has 1 fully saturated rings. The van der Waals surface area contributed by atoms with Crippen LogP contribution >= 0.6 is 0 Å². The molecular formula is C13H16N2O4. The number of hydrogen-bond acceptors (Lipinski definition) is 4. The molecule has 19 heavy (non-hydrogen) atoms. The number of nitrogens with zero attached hydrogens (tertiary/aromatic N) is 2. The SMILES string of the molecule is COCCN1C(=O)CC(C(=O)O)C1c1ccccn1. The lowest BCUT2D eigenvalue weighted by molar-refractivity contribution is -0.142. The first-order valence-corrected chi connectivity index (χ1v) is 6.07. The summed E-state index contributed by atoms with van der Waals surface area (Å²) >= 11 is 0. The van der Waals surface area contributed by atoms with Gasteiger partial charge in [0.2, 0.25) is 5.91 Å². The normalized spacial score (nSPS) is 22.8. The zero-order valence-corrected chi connectivity index (χ0v) is 10.7. The third kappa shape index (κ3) is 2.73. The highest BCUT2D eigenvalue weighted by molar-refractivity contribution is 5.87. The third-order valence-electron chi connectivity index (χ3n) is 3.28. The Kier molecular flexibility index (Phi) is 4.11. The average Bonchev–Trinajstić information content (AvgIpc) is 2.74. The fourth-order valence-electron chi connectivity index (χ4n) is 2.38. The van der Waals surface area contributed by atoms with E-state index in [1.807, 2.05) is 0 Å². The Morgan fingerprint density at radius 3 is 2.95 bits per heavy atom. The summed E-state index contributed by atoms with van der Waals surface area (Å²) in [6.07, 6.45) is 1.62. The predicted molar refractivity (Wildman–Crippen MR) is 66.3 cm³/mol. The van der Waals surface area contributed by atoms with Gasteiger partial charge in [-0.1, -0.05) is 6.07 Å². The first-order chi connectivity index (χ1) is 9.15. The molecule has 0 spiro atoms. The number of ether oxygens (including phenoxy) is 1. The Labute approximate surface area is 111 Å². The van der Waals surface area contributed by atoms with Crippen molar-refractivity contribution in [1.82, 2.24) is 9.88 Å². The number of hydrogen-bond donors (Lipinski definition) is 1. The van der Waals surface area contributed by atoms with E-state index in [4.69, 9.17) is 4.74 Å². The van der Waals surface area contributed by atoms with Crippen molar-refractivity contribution in [3.05, 3.63) is 30.1 Å². The van der Waals surface area contributed by atoms with Crippen molar-refractivity contribution >= 4 is 11.9 Å². The third-order valence-corrected chi connectivity index (χ3v) is 3.28. The van der Waals surface area contributed by atoms with E-state index >= 15 is 0 Å². The van der Waals surface area contributed by atoms with Crippen molar-refractivity contribution in [3.63, 3.8) is 0 Å². The van der Waals surface area contributed by atoms with Crippen LogP contribution in [-0.2, 0) is 14.3 Å². The van der Waals surface area contributed by atoms with Gasteiger partial charge in [-0.3, -0.25) is 14.6 Å². The summed E-state index contributed by atoms with van der Waals surface area (Å²) in [5, 5.41) is 9.27. The molecule has 1 aliphatic rings. The predicted octanol–water partition coefficient (Wildman–Crippen LogP) is 0.702. The molecule has 1 saturated heterocycles. The number of aromatic nitrogens is 1. The van der Waals surface area contributed by atoms with Gasteiger partial charge in [0.15, 0.2) is 0 Å². The topological polar surface area (TPSA) is 79.7 Å². The Bertz CT molecular complexity index is 463. The van der Waals surface area contributed by atoms with Crippen LogP contribution in [0.2, 0.25) is 0 Å². The molecule has 1 aromatic rings. The second kappa shape index (κ2) is 5.79. The molecule has 1 amide bonds. The van der Waals surface area contributed by atoms with Gasteiger partial charge in [-0.2, -0.15) is 0 Å². The maximum Gasteiger partial charge on any atom is 0.309 e. The molecule has 2 atom stereocenters. The van der Waals surface area contributed by atoms with Crippen molar-refractivity contribution in [3.8, 4) is 0 Å². The molecule has 0 bridgehead atoms. The number of carboxylic acids is 1. The number of pyridine rings is 1. The molecule has 1 N–H and O–H groups in total. The van der Waals surface area contributed by atoms with Crippen molar-refractivity contribution in [1.29, 1.82) is 0 Å². The number of carboxylic acid groups (broad SMARTS) is 1. The summed E-state index contributed by atoms with van der Waals surface area (Å²) in [6, 6.07) is 4.79. The van der Waals surface area contributed by atoms with E-state index in [2.05, 4.69) is 4.98 Å². The van der Waals surface area contributed by atoms with Crippen molar-refractivity contribution in [2.75, 3.05) is 20.3 Å². The van der Waals surface area contributed by atoms with Gasteiger partial charge in [-0.05, 0) is 12.1 Å². The first-order valence-electron chi connectivity index (χ1n) is 6.07. The van der Waals surface area contributed by atoms with Crippen LogP contribution in [0.25, 0.3) is 0 Å². The minimum Gasteiger partial charge on any atom is -0.481 e. The number of carbonyl (C=O) groups is 2. The zero-order chi connectivity index (χ0) is 13.8. The van der Waals surface area contributed by atoms with E-state index in [0.29, 0.717) is 18.8 Å². The lowest BCUT2D eigenvalue weighted by Gasteiger charge is -2.26. The van der Waals surface area contributed by atoms with E-state index in [1.165, 1.54) is 0 Å². The number of carbonyl (C=O) groups excluding carboxylic acids is 1. The molecule has 2 unspecified atom stereocenters. The van der Waals surface area contributed by atoms with E-state index < -0.39 is 17.9 Å². The number of rotatable bonds is 5. The Hall–Kier alpha value is -1.95. The summed E-state index contributed by atoms with van der Waals surface area (Å²) in [6.45, 7) is 0.752. The quantitative estimate of drug-likeness (QED) is 0.847. The van der Waals surface area contributed by atoms with Crippen LogP contribution in [0.4, 0.5) is 0 Å². The molecule has 1 aliphatic heterocycles. The first kappa shape index (κ1) is 13.5. The van der Waals surface area contributed by atoms with Crippen LogP contribution in [0.15, 0.2) is 24.4 Å². The Morgan fingerprint density at radius 2 is 2.37 bits per heavy atom.